The molecule has 96 valence electrons. The molecular formula is C11H16ClNO3S. The van der Waals surface area contributed by atoms with E-state index < -0.39 is 10.0 Å². The molecule has 0 heterocycles. The Morgan fingerprint density at radius 1 is 1.47 bits per heavy atom. The second-order valence-corrected chi connectivity index (χ2v) is 6.22. The smallest absolute Gasteiger partial charge is 0.240 e. The van der Waals surface area contributed by atoms with Crippen molar-refractivity contribution in [2.24, 2.45) is 5.92 Å². The third-order valence-corrected chi connectivity index (χ3v) is 4.22. The molecule has 17 heavy (non-hydrogen) atoms. The molecule has 0 amide bonds. The van der Waals surface area contributed by atoms with Gasteiger partial charge in [0.25, 0.3) is 0 Å². The van der Waals surface area contributed by atoms with E-state index in [0.717, 1.165) is 5.56 Å². The molecule has 0 aliphatic heterocycles. The fourth-order valence-corrected chi connectivity index (χ4v) is 2.58. The van der Waals surface area contributed by atoms with Crippen LogP contribution in [0, 0.1) is 12.8 Å². The maximum atomic E-state index is 11.9. The number of nitrogens with one attached hydrogen (secondary N) is 1. The number of sulfonamides is 1. The topological polar surface area (TPSA) is 66.4 Å². The number of hydrogen-bond acceptors (Lipinski definition) is 3. The van der Waals surface area contributed by atoms with Crippen molar-refractivity contribution >= 4 is 21.6 Å². The van der Waals surface area contributed by atoms with Gasteiger partial charge in [-0.25, -0.2) is 13.1 Å². The fourth-order valence-electron chi connectivity index (χ4n) is 1.14. The second-order valence-electron chi connectivity index (χ2n) is 4.05. The number of hydrogen-bond donors (Lipinski definition) is 2. The molecule has 1 atom stereocenters. The molecule has 0 saturated heterocycles. The van der Waals surface area contributed by atoms with Gasteiger partial charge in [-0.15, -0.1) is 0 Å². The van der Waals surface area contributed by atoms with E-state index in [4.69, 9.17) is 16.7 Å². The van der Waals surface area contributed by atoms with Gasteiger partial charge >= 0.3 is 0 Å². The Morgan fingerprint density at radius 2 is 2.12 bits per heavy atom. The minimum atomic E-state index is -3.55. The molecule has 1 aromatic carbocycles. The number of halogens is 1. The van der Waals surface area contributed by atoms with Crippen LogP contribution in [0.5, 0.6) is 0 Å². The Hall–Kier alpha value is -0.620. The van der Waals surface area contributed by atoms with Crippen LogP contribution in [0.2, 0.25) is 5.02 Å². The van der Waals surface area contributed by atoms with Gasteiger partial charge in [-0.1, -0.05) is 24.6 Å². The molecule has 0 fully saturated rings. The first-order valence-electron chi connectivity index (χ1n) is 5.23. The van der Waals surface area contributed by atoms with Crippen molar-refractivity contribution in [3.05, 3.63) is 28.8 Å². The molecule has 0 bridgehead atoms. The second kappa shape index (κ2) is 5.82. The van der Waals surface area contributed by atoms with E-state index in [9.17, 15) is 8.42 Å². The van der Waals surface area contributed by atoms with Gasteiger partial charge in [0.1, 0.15) is 0 Å². The number of aryl methyl sites for hydroxylation is 1. The summed E-state index contributed by atoms with van der Waals surface area (Å²) in [4.78, 5) is 0.137. The summed E-state index contributed by atoms with van der Waals surface area (Å²) in [5.74, 6) is -0.120. The quantitative estimate of drug-likeness (QED) is 0.858. The lowest BCUT2D eigenvalue weighted by Crippen LogP contribution is -2.29. The lowest BCUT2D eigenvalue weighted by molar-refractivity contribution is 0.238. The highest BCUT2D eigenvalue weighted by molar-refractivity contribution is 7.89. The van der Waals surface area contributed by atoms with Crippen molar-refractivity contribution in [1.82, 2.24) is 4.72 Å². The van der Waals surface area contributed by atoms with Crippen LogP contribution in [0.3, 0.4) is 0 Å². The molecule has 2 N–H and O–H groups in total. The predicted octanol–water partition coefficient (Wildman–Crippen LogP) is 1.56. The van der Waals surface area contributed by atoms with Crippen LogP contribution in [0.25, 0.3) is 0 Å². The maximum absolute atomic E-state index is 11.9. The SMILES string of the molecule is Cc1ccc(S(=O)(=O)NCC(C)CO)cc1Cl. The summed E-state index contributed by atoms with van der Waals surface area (Å²) >= 11 is 5.88. The summed E-state index contributed by atoms with van der Waals surface area (Å²) in [6, 6.07) is 4.59. The number of aliphatic hydroxyl groups is 1. The molecule has 0 saturated carbocycles. The minimum Gasteiger partial charge on any atom is -0.396 e. The molecule has 0 spiro atoms. The van der Waals surface area contributed by atoms with Gasteiger partial charge in [0, 0.05) is 18.2 Å². The molecule has 0 aromatic heterocycles. The van der Waals surface area contributed by atoms with Gasteiger partial charge in [0.15, 0.2) is 0 Å². The normalized spacial score (nSPS) is 13.6. The van der Waals surface area contributed by atoms with Crippen molar-refractivity contribution in [2.75, 3.05) is 13.2 Å². The van der Waals surface area contributed by atoms with Gasteiger partial charge in [-0.2, -0.15) is 0 Å². The van der Waals surface area contributed by atoms with Gasteiger partial charge < -0.3 is 5.11 Å². The van der Waals surface area contributed by atoms with Crippen molar-refractivity contribution in [1.29, 1.82) is 0 Å². The number of benzene rings is 1. The van der Waals surface area contributed by atoms with Crippen molar-refractivity contribution in [3.8, 4) is 0 Å². The zero-order chi connectivity index (χ0) is 13.1. The number of rotatable bonds is 5. The monoisotopic (exact) mass is 277 g/mol. The summed E-state index contributed by atoms with van der Waals surface area (Å²) in [5, 5.41) is 9.25. The lowest BCUT2D eigenvalue weighted by Gasteiger charge is -2.11. The van der Waals surface area contributed by atoms with E-state index >= 15 is 0 Å². The van der Waals surface area contributed by atoms with E-state index in [1.807, 2.05) is 0 Å². The van der Waals surface area contributed by atoms with Crippen LogP contribution in [-0.2, 0) is 10.0 Å². The van der Waals surface area contributed by atoms with Gasteiger partial charge in [-0.3, -0.25) is 0 Å². The first-order chi connectivity index (χ1) is 7.86. The summed E-state index contributed by atoms with van der Waals surface area (Å²) in [6.07, 6.45) is 0. The Balaban J connectivity index is 2.86. The highest BCUT2D eigenvalue weighted by atomic mass is 35.5. The highest BCUT2D eigenvalue weighted by Crippen LogP contribution is 2.19. The zero-order valence-electron chi connectivity index (χ0n) is 9.77. The lowest BCUT2D eigenvalue weighted by atomic mass is 10.2. The molecular weight excluding hydrogens is 262 g/mol. The molecule has 0 radical (unpaired) electrons. The van der Waals surface area contributed by atoms with Gasteiger partial charge in [0.05, 0.1) is 4.90 Å². The van der Waals surface area contributed by atoms with Crippen LogP contribution in [-0.4, -0.2) is 26.7 Å². The van der Waals surface area contributed by atoms with E-state index in [-0.39, 0.29) is 24.0 Å². The van der Waals surface area contributed by atoms with Crippen LogP contribution in [0.4, 0.5) is 0 Å². The van der Waals surface area contributed by atoms with E-state index in [1.54, 1.807) is 19.9 Å². The molecule has 0 aliphatic carbocycles. The average Bonchev–Trinajstić information content (AvgIpc) is 2.29. The molecule has 1 aromatic rings. The Kier molecular flexibility index (Phi) is 4.94. The Labute approximate surface area is 107 Å². The molecule has 1 rings (SSSR count). The van der Waals surface area contributed by atoms with Gasteiger partial charge in [0.2, 0.25) is 10.0 Å². The third-order valence-electron chi connectivity index (χ3n) is 2.39. The first kappa shape index (κ1) is 14.4. The van der Waals surface area contributed by atoms with Crippen LogP contribution in [0.15, 0.2) is 23.1 Å². The molecule has 0 aliphatic rings. The summed E-state index contributed by atoms with van der Waals surface area (Å²) in [7, 11) is -3.55. The maximum Gasteiger partial charge on any atom is 0.240 e. The predicted molar refractivity (Wildman–Crippen MR) is 67.6 cm³/mol. The average molecular weight is 278 g/mol. The molecule has 6 heteroatoms. The standard InChI is InChI=1S/C11H16ClNO3S/c1-8(7-14)6-13-17(15,16)10-4-3-9(2)11(12)5-10/h3-5,8,13-14H,6-7H2,1-2H3. The molecule has 1 unspecified atom stereocenters. The van der Waals surface area contributed by atoms with Crippen molar-refractivity contribution in [3.63, 3.8) is 0 Å². The summed E-state index contributed by atoms with van der Waals surface area (Å²) < 4.78 is 26.2. The third kappa shape index (κ3) is 3.96. The fraction of sp³-hybridized carbons (Fsp3) is 0.455. The molecule has 4 nitrogen and oxygen atoms in total. The Morgan fingerprint density at radius 3 is 2.65 bits per heavy atom. The van der Waals surface area contributed by atoms with Crippen LogP contribution in [0.1, 0.15) is 12.5 Å². The summed E-state index contributed by atoms with van der Waals surface area (Å²) in [6.45, 7) is 3.70. The zero-order valence-corrected chi connectivity index (χ0v) is 11.3. The first-order valence-corrected chi connectivity index (χ1v) is 7.09. The summed E-state index contributed by atoms with van der Waals surface area (Å²) in [5.41, 5.74) is 0.828. The van der Waals surface area contributed by atoms with E-state index in [2.05, 4.69) is 4.72 Å². The van der Waals surface area contributed by atoms with Gasteiger partial charge in [-0.05, 0) is 30.5 Å². The van der Waals surface area contributed by atoms with E-state index in [0.29, 0.717) is 5.02 Å². The van der Waals surface area contributed by atoms with E-state index in [1.165, 1.54) is 12.1 Å². The Bertz CT molecular complexity index is 487. The van der Waals surface area contributed by atoms with Crippen molar-refractivity contribution < 1.29 is 13.5 Å². The highest BCUT2D eigenvalue weighted by Gasteiger charge is 2.15. The van der Waals surface area contributed by atoms with Crippen LogP contribution >= 0.6 is 11.6 Å². The van der Waals surface area contributed by atoms with Crippen LogP contribution < -0.4 is 4.72 Å². The largest absolute Gasteiger partial charge is 0.396 e. The number of aliphatic hydroxyl groups excluding tert-OH is 1. The minimum absolute atomic E-state index is 0.0584. The van der Waals surface area contributed by atoms with Crippen molar-refractivity contribution in [2.45, 2.75) is 18.7 Å².